The van der Waals surface area contributed by atoms with Crippen molar-refractivity contribution in [3.8, 4) is 5.75 Å². The molecule has 6 nitrogen and oxygen atoms in total. The Morgan fingerprint density at radius 2 is 2.29 bits per heavy atom. The van der Waals surface area contributed by atoms with Crippen LogP contribution in [0, 0.1) is 4.77 Å². The highest BCUT2D eigenvalue weighted by molar-refractivity contribution is 7.71. The number of rotatable bonds is 6. The molecule has 24 heavy (non-hydrogen) atoms. The molecule has 0 unspecified atom stereocenters. The molecular weight excluding hydrogens is 348 g/mol. The van der Waals surface area contributed by atoms with Gasteiger partial charge in [-0.3, -0.25) is 5.10 Å². The van der Waals surface area contributed by atoms with Crippen molar-refractivity contribution in [2.75, 3.05) is 0 Å². The highest BCUT2D eigenvalue weighted by Crippen LogP contribution is 2.18. The van der Waals surface area contributed by atoms with Crippen LogP contribution in [0.2, 0.25) is 5.02 Å². The first kappa shape index (κ1) is 16.5. The Labute approximate surface area is 148 Å². The first-order valence-electron chi connectivity index (χ1n) is 7.33. The third-order valence-electron chi connectivity index (χ3n) is 3.19. The van der Waals surface area contributed by atoms with Crippen molar-refractivity contribution >= 4 is 30.0 Å². The molecule has 0 aliphatic rings. The molecule has 0 radical (unpaired) electrons. The van der Waals surface area contributed by atoms with E-state index < -0.39 is 0 Å². The standard InChI is InChI=1S/C16H15ClN4O2S/c1-2-15-19-20-16(24)21(15)18-9-13-6-7-14(23-13)10-22-12-5-3-4-11(17)8-12/h3-9H,2,10H2,1H3,(H,20,24). The van der Waals surface area contributed by atoms with Crippen LogP contribution in [0.15, 0.2) is 45.9 Å². The van der Waals surface area contributed by atoms with E-state index >= 15 is 0 Å². The molecule has 0 saturated carbocycles. The summed E-state index contributed by atoms with van der Waals surface area (Å²) in [6.45, 7) is 2.29. The van der Waals surface area contributed by atoms with Gasteiger partial charge in [-0.1, -0.05) is 24.6 Å². The van der Waals surface area contributed by atoms with Gasteiger partial charge in [0.15, 0.2) is 5.82 Å². The molecule has 0 atom stereocenters. The van der Waals surface area contributed by atoms with Crippen LogP contribution in [0.1, 0.15) is 24.3 Å². The summed E-state index contributed by atoms with van der Waals surface area (Å²) in [7, 11) is 0. The second-order valence-corrected chi connectivity index (χ2v) is 5.73. The van der Waals surface area contributed by atoms with Crippen LogP contribution in [0.4, 0.5) is 0 Å². The van der Waals surface area contributed by atoms with Gasteiger partial charge >= 0.3 is 0 Å². The van der Waals surface area contributed by atoms with Gasteiger partial charge in [-0.2, -0.15) is 14.9 Å². The Bertz CT molecular complexity index is 913. The average Bonchev–Trinajstić information content (AvgIpc) is 3.17. The van der Waals surface area contributed by atoms with Gasteiger partial charge in [-0.15, -0.1) is 0 Å². The van der Waals surface area contributed by atoms with Gasteiger partial charge in [-0.05, 0) is 42.5 Å². The number of H-pyrrole nitrogens is 1. The minimum atomic E-state index is 0.305. The molecular formula is C16H15ClN4O2S. The highest BCUT2D eigenvalue weighted by atomic mass is 35.5. The third-order valence-corrected chi connectivity index (χ3v) is 3.69. The van der Waals surface area contributed by atoms with Crippen molar-refractivity contribution in [2.24, 2.45) is 5.10 Å². The predicted molar refractivity (Wildman–Crippen MR) is 94.3 cm³/mol. The number of furan rings is 1. The number of nitrogens with one attached hydrogen (secondary N) is 1. The fourth-order valence-corrected chi connectivity index (χ4v) is 2.42. The minimum Gasteiger partial charge on any atom is -0.486 e. The zero-order valence-electron chi connectivity index (χ0n) is 12.9. The van der Waals surface area contributed by atoms with Crippen molar-refractivity contribution in [1.82, 2.24) is 14.9 Å². The summed E-state index contributed by atoms with van der Waals surface area (Å²) in [5.41, 5.74) is 0. The largest absolute Gasteiger partial charge is 0.486 e. The number of hydrogen-bond donors (Lipinski definition) is 1. The van der Waals surface area contributed by atoms with Crippen LogP contribution in [0.3, 0.4) is 0 Å². The molecule has 1 N–H and O–H groups in total. The van der Waals surface area contributed by atoms with Gasteiger partial charge < -0.3 is 9.15 Å². The molecule has 0 amide bonds. The number of aromatic amines is 1. The van der Waals surface area contributed by atoms with E-state index in [9.17, 15) is 0 Å². The number of halogens is 1. The molecule has 0 saturated heterocycles. The summed E-state index contributed by atoms with van der Waals surface area (Å²) < 4.78 is 13.3. The SMILES string of the molecule is CCc1n[nH]c(=S)n1N=Cc1ccc(COc2cccc(Cl)c2)o1. The number of ether oxygens (including phenoxy) is 1. The summed E-state index contributed by atoms with van der Waals surface area (Å²) in [5, 5.41) is 11.7. The van der Waals surface area contributed by atoms with Crippen LogP contribution in [-0.4, -0.2) is 21.1 Å². The summed E-state index contributed by atoms with van der Waals surface area (Å²) in [6, 6.07) is 10.9. The molecule has 0 bridgehead atoms. The highest BCUT2D eigenvalue weighted by Gasteiger charge is 2.04. The lowest BCUT2D eigenvalue weighted by Crippen LogP contribution is -1.97. The number of benzene rings is 1. The fourth-order valence-electron chi connectivity index (χ4n) is 2.04. The summed E-state index contributed by atoms with van der Waals surface area (Å²) in [6.07, 6.45) is 2.31. The zero-order chi connectivity index (χ0) is 16.9. The van der Waals surface area contributed by atoms with Gasteiger partial charge in [0.1, 0.15) is 23.9 Å². The first-order valence-corrected chi connectivity index (χ1v) is 8.12. The second-order valence-electron chi connectivity index (χ2n) is 4.91. The molecule has 2 heterocycles. The quantitative estimate of drug-likeness (QED) is 0.526. The number of nitrogens with zero attached hydrogens (tertiary/aromatic N) is 3. The lowest BCUT2D eigenvalue weighted by atomic mass is 10.3. The Morgan fingerprint density at radius 1 is 1.42 bits per heavy atom. The maximum absolute atomic E-state index is 5.92. The summed E-state index contributed by atoms with van der Waals surface area (Å²) >= 11 is 11.1. The lowest BCUT2D eigenvalue weighted by Gasteiger charge is -2.03. The van der Waals surface area contributed by atoms with Gasteiger partial charge in [0.2, 0.25) is 4.77 Å². The van der Waals surface area contributed by atoms with Crippen LogP contribution in [0.5, 0.6) is 5.75 Å². The summed E-state index contributed by atoms with van der Waals surface area (Å²) in [4.78, 5) is 0. The molecule has 124 valence electrons. The Morgan fingerprint density at radius 3 is 3.08 bits per heavy atom. The fraction of sp³-hybridized carbons (Fsp3) is 0.188. The van der Waals surface area contributed by atoms with E-state index in [4.69, 9.17) is 33.0 Å². The zero-order valence-corrected chi connectivity index (χ0v) is 14.5. The first-order chi connectivity index (χ1) is 11.7. The average molecular weight is 363 g/mol. The monoisotopic (exact) mass is 362 g/mol. The summed E-state index contributed by atoms with van der Waals surface area (Å²) in [5.74, 6) is 2.73. The topological polar surface area (TPSA) is 68.3 Å². The Balaban J connectivity index is 1.66. The van der Waals surface area contributed by atoms with E-state index in [2.05, 4.69) is 15.3 Å². The van der Waals surface area contributed by atoms with Crippen LogP contribution >= 0.6 is 23.8 Å². The maximum Gasteiger partial charge on any atom is 0.216 e. The Hall–Kier alpha value is -2.38. The van der Waals surface area contributed by atoms with E-state index in [1.165, 1.54) is 0 Å². The molecule has 8 heteroatoms. The molecule has 0 fully saturated rings. The van der Waals surface area contributed by atoms with Crippen molar-refractivity contribution in [1.29, 1.82) is 0 Å². The lowest BCUT2D eigenvalue weighted by molar-refractivity contribution is 0.270. The molecule has 0 spiro atoms. The Kier molecular flexibility index (Phi) is 5.12. The number of hydrogen-bond acceptors (Lipinski definition) is 5. The third kappa shape index (κ3) is 3.93. The van der Waals surface area contributed by atoms with Crippen molar-refractivity contribution < 1.29 is 9.15 Å². The van der Waals surface area contributed by atoms with Crippen LogP contribution < -0.4 is 4.74 Å². The molecule has 3 aromatic rings. The minimum absolute atomic E-state index is 0.305. The number of aryl methyl sites for hydroxylation is 1. The van der Waals surface area contributed by atoms with E-state index in [0.717, 1.165) is 12.2 Å². The maximum atomic E-state index is 5.92. The molecule has 2 aromatic heterocycles. The predicted octanol–water partition coefficient (Wildman–Crippen LogP) is 4.21. The molecule has 0 aliphatic heterocycles. The number of aromatic nitrogens is 3. The smallest absolute Gasteiger partial charge is 0.216 e. The second kappa shape index (κ2) is 7.46. The van der Waals surface area contributed by atoms with E-state index in [0.29, 0.717) is 33.7 Å². The normalized spacial score (nSPS) is 11.2. The van der Waals surface area contributed by atoms with Crippen LogP contribution in [0.25, 0.3) is 0 Å². The van der Waals surface area contributed by atoms with Gasteiger partial charge in [-0.25, -0.2) is 0 Å². The van der Waals surface area contributed by atoms with Crippen molar-refractivity contribution in [3.05, 3.63) is 63.5 Å². The molecule has 1 aromatic carbocycles. The molecule has 3 rings (SSSR count). The van der Waals surface area contributed by atoms with E-state index in [1.54, 1.807) is 23.0 Å². The van der Waals surface area contributed by atoms with Gasteiger partial charge in [0.05, 0.1) is 6.21 Å². The van der Waals surface area contributed by atoms with Crippen molar-refractivity contribution in [3.63, 3.8) is 0 Å². The van der Waals surface area contributed by atoms with E-state index in [-0.39, 0.29) is 0 Å². The van der Waals surface area contributed by atoms with E-state index in [1.807, 2.05) is 31.2 Å². The van der Waals surface area contributed by atoms with Crippen molar-refractivity contribution in [2.45, 2.75) is 20.0 Å². The molecule has 0 aliphatic carbocycles. The van der Waals surface area contributed by atoms with Gasteiger partial charge in [0, 0.05) is 11.4 Å². The van der Waals surface area contributed by atoms with Crippen LogP contribution in [-0.2, 0) is 13.0 Å². The van der Waals surface area contributed by atoms with Gasteiger partial charge in [0.25, 0.3) is 0 Å².